The molecule has 0 unspecified atom stereocenters. The van der Waals surface area contributed by atoms with Crippen LogP contribution in [0.3, 0.4) is 0 Å². The standard InChI is InChI=1S/C16H20FN/c1-10(2)12-7-16(18-9-12)14-6-5-13(17)8-15(14)11(3)4/h5-11,18H,1-4H3. The van der Waals surface area contributed by atoms with E-state index in [9.17, 15) is 4.39 Å². The van der Waals surface area contributed by atoms with Gasteiger partial charge in [-0.25, -0.2) is 4.39 Å². The molecule has 0 saturated carbocycles. The van der Waals surface area contributed by atoms with Crippen molar-refractivity contribution in [2.75, 3.05) is 0 Å². The molecular weight excluding hydrogens is 225 g/mol. The van der Waals surface area contributed by atoms with E-state index in [1.165, 1.54) is 11.6 Å². The summed E-state index contributed by atoms with van der Waals surface area (Å²) in [6.07, 6.45) is 2.04. The van der Waals surface area contributed by atoms with Crippen LogP contribution in [-0.2, 0) is 0 Å². The van der Waals surface area contributed by atoms with Crippen LogP contribution < -0.4 is 0 Å². The minimum Gasteiger partial charge on any atom is -0.361 e. The third kappa shape index (κ3) is 2.47. The smallest absolute Gasteiger partial charge is 0.123 e. The van der Waals surface area contributed by atoms with Gasteiger partial charge in [0, 0.05) is 17.5 Å². The maximum absolute atomic E-state index is 13.3. The number of hydrogen-bond donors (Lipinski definition) is 1. The third-order valence-corrected chi connectivity index (χ3v) is 3.30. The van der Waals surface area contributed by atoms with E-state index >= 15 is 0 Å². The highest BCUT2D eigenvalue weighted by molar-refractivity contribution is 5.65. The molecule has 1 aromatic carbocycles. The Bertz CT molecular complexity index is 538. The van der Waals surface area contributed by atoms with Crippen LogP contribution in [0.5, 0.6) is 0 Å². The average molecular weight is 245 g/mol. The van der Waals surface area contributed by atoms with E-state index < -0.39 is 0 Å². The Labute approximate surface area is 108 Å². The predicted molar refractivity (Wildman–Crippen MR) is 74.4 cm³/mol. The number of aromatic amines is 1. The first-order valence-electron chi connectivity index (χ1n) is 6.47. The Morgan fingerprint density at radius 2 is 1.72 bits per heavy atom. The Morgan fingerprint density at radius 3 is 2.28 bits per heavy atom. The van der Waals surface area contributed by atoms with Gasteiger partial charge >= 0.3 is 0 Å². The molecule has 18 heavy (non-hydrogen) atoms. The first-order chi connectivity index (χ1) is 8.49. The largest absolute Gasteiger partial charge is 0.361 e. The number of benzene rings is 1. The van der Waals surface area contributed by atoms with Gasteiger partial charge in [0.1, 0.15) is 5.82 Å². The molecule has 1 heterocycles. The number of H-pyrrole nitrogens is 1. The molecule has 0 bridgehead atoms. The predicted octanol–water partition coefficient (Wildman–Crippen LogP) is 5.07. The number of nitrogens with one attached hydrogen (secondary N) is 1. The number of rotatable bonds is 3. The minimum absolute atomic E-state index is 0.168. The van der Waals surface area contributed by atoms with Crippen molar-refractivity contribution < 1.29 is 4.39 Å². The Kier molecular flexibility index (Phi) is 3.55. The SMILES string of the molecule is CC(C)c1c[nH]c(-c2ccc(F)cc2C(C)C)c1. The van der Waals surface area contributed by atoms with Gasteiger partial charge in [-0.1, -0.05) is 27.7 Å². The van der Waals surface area contributed by atoms with Gasteiger partial charge in [0.15, 0.2) is 0 Å². The van der Waals surface area contributed by atoms with E-state index in [2.05, 4.69) is 38.7 Å². The second-order valence-corrected chi connectivity index (χ2v) is 5.39. The summed E-state index contributed by atoms with van der Waals surface area (Å²) in [7, 11) is 0. The van der Waals surface area contributed by atoms with Gasteiger partial charge in [-0.2, -0.15) is 0 Å². The molecule has 0 saturated heterocycles. The average Bonchev–Trinajstić information content (AvgIpc) is 2.78. The van der Waals surface area contributed by atoms with E-state index in [0.29, 0.717) is 11.8 Å². The molecule has 1 aromatic heterocycles. The molecule has 0 spiro atoms. The number of halogens is 1. The van der Waals surface area contributed by atoms with Crippen LogP contribution in [0.2, 0.25) is 0 Å². The molecule has 0 radical (unpaired) electrons. The zero-order valence-electron chi connectivity index (χ0n) is 11.4. The van der Waals surface area contributed by atoms with Crippen molar-refractivity contribution in [2.45, 2.75) is 39.5 Å². The van der Waals surface area contributed by atoms with Crippen molar-refractivity contribution in [1.29, 1.82) is 0 Å². The summed E-state index contributed by atoms with van der Waals surface area (Å²) in [5.74, 6) is 0.637. The van der Waals surface area contributed by atoms with Gasteiger partial charge in [-0.05, 0) is 47.2 Å². The molecule has 0 aliphatic rings. The third-order valence-electron chi connectivity index (χ3n) is 3.30. The van der Waals surface area contributed by atoms with Crippen molar-refractivity contribution in [3.05, 3.63) is 47.4 Å². The van der Waals surface area contributed by atoms with Gasteiger partial charge in [0.2, 0.25) is 0 Å². The molecule has 0 atom stereocenters. The summed E-state index contributed by atoms with van der Waals surface area (Å²) >= 11 is 0. The van der Waals surface area contributed by atoms with Crippen LogP contribution in [0.25, 0.3) is 11.3 Å². The van der Waals surface area contributed by atoms with Crippen molar-refractivity contribution in [1.82, 2.24) is 4.98 Å². The fourth-order valence-corrected chi connectivity index (χ4v) is 2.16. The van der Waals surface area contributed by atoms with Crippen molar-refractivity contribution in [3.63, 3.8) is 0 Å². The summed E-state index contributed by atoms with van der Waals surface area (Å²) in [5.41, 5.74) is 4.50. The Morgan fingerprint density at radius 1 is 1.00 bits per heavy atom. The lowest BCUT2D eigenvalue weighted by Gasteiger charge is -2.11. The molecule has 1 nitrogen and oxygen atoms in total. The fourth-order valence-electron chi connectivity index (χ4n) is 2.16. The van der Waals surface area contributed by atoms with Crippen LogP contribution >= 0.6 is 0 Å². The second kappa shape index (κ2) is 4.97. The summed E-state index contributed by atoms with van der Waals surface area (Å²) in [6, 6.07) is 7.18. The summed E-state index contributed by atoms with van der Waals surface area (Å²) in [5, 5.41) is 0. The molecule has 2 rings (SSSR count). The van der Waals surface area contributed by atoms with Gasteiger partial charge in [0.25, 0.3) is 0 Å². The maximum atomic E-state index is 13.3. The molecular formula is C16H20FN. The van der Waals surface area contributed by atoms with Gasteiger partial charge in [0.05, 0.1) is 0 Å². The lowest BCUT2D eigenvalue weighted by molar-refractivity contribution is 0.623. The Hall–Kier alpha value is -1.57. The first kappa shape index (κ1) is 12.9. The lowest BCUT2D eigenvalue weighted by Crippen LogP contribution is -1.94. The zero-order valence-corrected chi connectivity index (χ0v) is 11.4. The van der Waals surface area contributed by atoms with E-state index in [-0.39, 0.29) is 5.82 Å². The molecule has 0 aliphatic carbocycles. The quantitative estimate of drug-likeness (QED) is 0.777. The van der Waals surface area contributed by atoms with E-state index in [1.54, 1.807) is 6.07 Å². The van der Waals surface area contributed by atoms with Crippen LogP contribution in [-0.4, -0.2) is 4.98 Å². The van der Waals surface area contributed by atoms with Crippen LogP contribution in [0.4, 0.5) is 4.39 Å². The van der Waals surface area contributed by atoms with Crippen molar-refractivity contribution >= 4 is 0 Å². The van der Waals surface area contributed by atoms with E-state index in [0.717, 1.165) is 16.8 Å². The fraction of sp³-hybridized carbons (Fsp3) is 0.375. The van der Waals surface area contributed by atoms with Gasteiger partial charge in [-0.15, -0.1) is 0 Å². The summed E-state index contributed by atoms with van der Waals surface area (Å²) < 4.78 is 13.3. The molecule has 1 N–H and O–H groups in total. The highest BCUT2D eigenvalue weighted by Crippen LogP contribution is 2.30. The molecule has 96 valence electrons. The number of hydrogen-bond acceptors (Lipinski definition) is 0. The summed E-state index contributed by atoms with van der Waals surface area (Å²) in [6.45, 7) is 8.51. The van der Waals surface area contributed by atoms with Crippen LogP contribution in [0, 0.1) is 5.82 Å². The first-order valence-corrected chi connectivity index (χ1v) is 6.47. The monoisotopic (exact) mass is 245 g/mol. The minimum atomic E-state index is -0.168. The van der Waals surface area contributed by atoms with Crippen molar-refractivity contribution in [3.8, 4) is 11.3 Å². The van der Waals surface area contributed by atoms with Crippen molar-refractivity contribution in [2.24, 2.45) is 0 Å². The molecule has 0 aliphatic heterocycles. The normalized spacial score (nSPS) is 11.5. The Balaban J connectivity index is 2.49. The van der Waals surface area contributed by atoms with E-state index in [4.69, 9.17) is 0 Å². The van der Waals surface area contributed by atoms with Gasteiger partial charge < -0.3 is 4.98 Å². The lowest BCUT2D eigenvalue weighted by atomic mass is 9.94. The van der Waals surface area contributed by atoms with Crippen LogP contribution in [0.1, 0.15) is 50.7 Å². The highest BCUT2D eigenvalue weighted by atomic mass is 19.1. The van der Waals surface area contributed by atoms with Crippen LogP contribution in [0.15, 0.2) is 30.5 Å². The van der Waals surface area contributed by atoms with E-state index in [1.807, 2.05) is 12.3 Å². The topological polar surface area (TPSA) is 15.8 Å². The summed E-state index contributed by atoms with van der Waals surface area (Å²) in [4.78, 5) is 3.30. The molecule has 2 heteroatoms. The highest BCUT2D eigenvalue weighted by Gasteiger charge is 2.12. The molecule has 0 fully saturated rings. The second-order valence-electron chi connectivity index (χ2n) is 5.39. The van der Waals surface area contributed by atoms with Gasteiger partial charge in [-0.3, -0.25) is 0 Å². The molecule has 2 aromatic rings. The maximum Gasteiger partial charge on any atom is 0.123 e. The zero-order chi connectivity index (χ0) is 13.3. The molecule has 0 amide bonds. The number of aromatic nitrogens is 1.